The van der Waals surface area contributed by atoms with E-state index in [0.29, 0.717) is 35.1 Å². The molecule has 7 nitrogen and oxygen atoms in total. The van der Waals surface area contributed by atoms with Crippen LogP contribution in [0.25, 0.3) is 0 Å². The maximum absolute atomic E-state index is 12.8. The number of carbonyl (C=O) groups excluding carboxylic acids is 2. The molecule has 35 heavy (non-hydrogen) atoms. The molecular formula is C27H28ClN3O4. The molecule has 182 valence electrons. The van der Waals surface area contributed by atoms with Crippen LogP contribution < -0.4 is 19.7 Å². The number of ether oxygens (including phenoxy) is 2. The number of benzene rings is 3. The van der Waals surface area contributed by atoms with Gasteiger partial charge in [-0.2, -0.15) is 0 Å². The number of aryl methyl sites for hydroxylation is 1. The standard InChI is InChI=1S/C27H28ClN3O4/c1-19-17-24(11-12-25(19)28)35-18-26(32)29-21-5-7-22(8-6-21)30-13-15-31(16-14-30)27(33)20-3-9-23(34-2)10-4-20/h3-12,17H,13-16,18H2,1-2H3,(H,29,32). The minimum Gasteiger partial charge on any atom is -0.497 e. The Bertz CT molecular complexity index is 1170. The number of hydrogen-bond acceptors (Lipinski definition) is 5. The van der Waals surface area contributed by atoms with Crippen LogP contribution in [0.4, 0.5) is 11.4 Å². The van der Waals surface area contributed by atoms with Gasteiger partial charge in [-0.1, -0.05) is 11.6 Å². The Kier molecular flexibility index (Phi) is 7.77. The van der Waals surface area contributed by atoms with Gasteiger partial charge in [0.15, 0.2) is 6.61 Å². The summed E-state index contributed by atoms with van der Waals surface area (Å²) in [6.07, 6.45) is 0. The predicted octanol–water partition coefficient (Wildman–Crippen LogP) is 4.64. The van der Waals surface area contributed by atoms with E-state index >= 15 is 0 Å². The van der Waals surface area contributed by atoms with E-state index in [1.54, 1.807) is 49.6 Å². The highest BCUT2D eigenvalue weighted by atomic mass is 35.5. The zero-order valence-electron chi connectivity index (χ0n) is 19.8. The summed E-state index contributed by atoms with van der Waals surface area (Å²) in [4.78, 5) is 29.1. The number of nitrogens with one attached hydrogen (secondary N) is 1. The molecule has 0 unspecified atom stereocenters. The first-order valence-electron chi connectivity index (χ1n) is 11.4. The fourth-order valence-electron chi connectivity index (χ4n) is 3.89. The lowest BCUT2D eigenvalue weighted by Crippen LogP contribution is -2.48. The van der Waals surface area contributed by atoms with Crippen LogP contribution >= 0.6 is 11.6 Å². The Morgan fingerprint density at radius 2 is 1.57 bits per heavy atom. The molecule has 1 aliphatic rings. The molecular weight excluding hydrogens is 466 g/mol. The van der Waals surface area contributed by atoms with Gasteiger partial charge in [-0.15, -0.1) is 0 Å². The zero-order valence-corrected chi connectivity index (χ0v) is 20.5. The molecule has 3 aromatic carbocycles. The second kappa shape index (κ2) is 11.1. The van der Waals surface area contributed by atoms with Gasteiger partial charge >= 0.3 is 0 Å². The molecule has 0 atom stereocenters. The third-order valence-corrected chi connectivity index (χ3v) is 6.34. The topological polar surface area (TPSA) is 71.1 Å². The number of hydrogen-bond donors (Lipinski definition) is 1. The molecule has 0 bridgehead atoms. The Labute approximate surface area is 210 Å². The highest BCUT2D eigenvalue weighted by molar-refractivity contribution is 6.31. The molecule has 0 spiro atoms. The lowest BCUT2D eigenvalue weighted by Gasteiger charge is -2.36. The van der Waals surface area contributed by atoms with Crippen molar-refractivity contribution >= 4 is 34.8 Å². The molecule has 1 fully saturated rings. The molecule has 0 radical (unpaired) electrons. The molecule has 0 aliphatic carbocycles. The Morgan fingerprint density at radius 3 is 2.20 bits per heavy atom. The van der Waals surface area contributed by atoms with E-state index in [4.69, 9.17) is 21.1 Å². The van der Waals surface area contributed by atoms with Crippen molar-refractivity contribution in [3.63, 3.8) is 0 Å². The first-order valence-corrected chi connectivity index (χ1v) is 11.8. The fourth-order valence-corrected chi connectivity index (χ4v) is 4.01. The van der Waals surface area contributed by atoms with Crippen LogP contribution in [-0.4, -0.2) is 56.6 Å². The van der Waals surface area contributed by atoms with Crippen LogP contribution in [0, 0.1) is 6.92 Å². The third-order valence-electron chi connectivity index (χ3n) is 5.92. The Balaban J connectivity index is 1.25. The SMILES string of the molecule is COc1ccc(C(=O)N2CCN(c3ccc(NC(=O)COc4ccc(Cl)c(C)c4)cc3)CC2)cc1. The lowest BCUT2D eigenvalue weighted by molar-refractivity contribution is -0.118. The van der Waals surface area contributed by atoms with E-state index in [-0.39, 0.29) is 18.4 Å². The fraction of sp³-hybridized carbons (Fsp3) is 0.259. The van der Waals surface area contributed by atoms with Crippen LogP contribution in [0.15, 0.2) is 66.7 Å². The summed E-state index contributed by atoms with van der Waals surface area (Å²) in [5.74, 6) is 1.12. The Hall–Kier alpha value is -3.71. The molecule has 1 aliphatic heterocycles. The predicted molar refractivity (Wildman–Crippen MR) is 138 cm³/mol. The monoisotopic (exact) mass is 493 g/mol. The summed E-state index contributed by atoms with van der Waals surface area (Å²) in [5.41, 5.74) is 3.30. The third kappa shape index (κ3) is 6.25. The van der Waals surface area contributed by atoms with E-state index in [9.17, 15) is 9.59 Å². The van der Waals surface area contributed by atoms with Crippen molar-refractivity contribution in [1.29, 1.82) is 0 Å². The molecule has 2 amide bonds. The van der Waals surface area contributed by atoms with E-state index in [1.807, 2.05) is 36.1 Å². The van der Waals surface area contributed by atoms with Gasteiger partial charge in [0.1, 0.15) is 11.5 Å². The smallest absolute Gasteiger partial charge is 0.262 e. The lowest BCUT2D eigenvalue weighted by atomic mass is 10.1. The Morgan fingerprint density at radius 1 is 0.914 bits per heavy atom. The molecule has 0 aromatic heterocycles. The normalized spacial score (nSPS) is 13.3. The molecule has 3 aromatic rings. The zero-order chi connectivity index (χ0) is 24.8. The average molecular weight is 494 g/mol. The van der Waals surface area contributed by atoms with Gasteiger partial charge in [-0.3, -0.25) is 9.59 Å². The van der Waals surface area contributed by atoms with Crippen molar-refractivity contribution < 1.29 is 19.1 Å². The van der Waals surface area contributed by atoms with Gasteiger partial charge < -0.3 is 24.6 Å². The van der Waals surface area contributed by atoms with E-state index in [2.05, 4.69) is 10.2 Å². The summed E-state index contributed by atoms with van der Waals surface area (Å²) in [7, 11) is 1.61. The van der Waals surface area contributed by atoms with Crippen molar-refractivity contribution in [1.82, 2.24) is 4.90 Å². The van der Waals surface area contributed by atoms with Crippen LogP contribution in [0.1, 0.15) is 15.9 Å². The number of nitrogens with zero attached hydrogens (tertiary/aromatic N) is 2. The van der Waals surface area contributed by atoms with Gasteiger partial charge in [-0.05, 0) is 79.2 Å². The molecule has 4 rings (SSSR count). The van der Waals surface area contributed by atoms with Crippen molar-refractivity contribution in [2.75, 3.05) is 50.1 Å². The highest BCUT2D eigenvalue weighted by Crippen LogP contribution is 2.22. The highest BCUT2D eigenvalue weighted by Gasteiger charge is 2.22. The van der Waals surface area contributed by atoms with E-state index in [0.717, 1.165) is 30.1 Å². The van der Waals surface area contributed by atoms with Crippen molar-refractivity contribution in [2.45, 2.75) is 6.92 Å². The number of anilines is 2. The van der Waals surface area contributed by atoms with Gasteiger partial charge in [0.05, 0.1) is 7.11 Å². The average Bonchev–Trinajstić information content (AvgIpc) is 2.89. The number of amides is 2. The summed E-state index contributed by atoms with van der Waals surface area (Å²) >= 11 is 6.02. The van der Waals surface area contributed by atoms with Crippen LogP contribution in [0.5, 0.6) is 11.5 Å². The van der Waals surface area contributed by atoms with Crippen molar-refractivity contribution in [3.05, 3.63) is 82.9 Å². The van der Waals surface area contributed by atoms with E-state index in [1.165, 1.54) is 0 Å². The number of halogens is 1. The molecule has 1 saturated heterocycles. The summed E-state index contributed by atoms with van der Waals surface area (Å²) in [6, 6.07) is 20.2. The van der Waals surface area contributed by atoms with Gasteiger partial charge in [0.2, 0.25) is 0 Å². The van der Waals surface area contributed by atoms with Crippen LogP contribution in [0.3, 0.4) is 0 Å². The molecule has 0 saturated carbocycles. The van der Waals surface area contributed by atoms with Crippen molar-refractivity contribution in [3.8, 4) is 11.5 Å². The van der Waals surface area contributed by atoms with Gasteiger partial charge in [0.25, 0.3) is 11.8 Å². The maximum Gasteiger partial charge on any atom is 0.262 e. The summed E-state index contributed by atoms with van der Waals surface area (Å²) in [6.45, 7) is 4.56. The minimum absolute atomic E-state index is 0.0290. The van der Waals surface area contributed by atoms with Crippen LogP contribution in [-0.2, 0) is 4.79 Å². The number of rotatable bonds is 7. The number of carbonyl (C=O) groups is 2. The van der Waals surface area contributed by atoms with E-state index < -0.39 is 0 Å². The second-order valence-electron chi connectivity index (χ2n) is 8.30. The minimum atomic E-state index is -0.240. The quantitative estimate of drug-likeness (QED) is 0.519. The molecule has 1 N–H and O–H groups in total. The summed E-state index contributed by atoms with van der Waals surface area (Å²) < 4.78 is 10.7. The van der Waals surface area contributed by atoms with Gasteiger partial charge in [0, 0.05) is 48.1 Å². The number of piperazine rings is 1. The maximum atomic E-state index is 12.8. The molecule has 1 heterocycles. The first-order chi connectivity index (χ1) is 16.9. The largest absolute Gasteiger partial charge is 0.497 e. The first kappa shape index (κ1) is 24.4. The van der Waals surface area contributed by atoms with Crippen molar-refractivity contribution in [2.24, 2.45) is 0 Å². The molecule has 8 heteroatoms. The summed E-state index contributed by atoms with van der Waals surface area (Å²) in [5, 5.41) is 3.51. The second-order valence-corrected chi connectivity index (χ2v) is 8.71. The number of methoxy groups -OCH3 is 1. The van der Waals surface area contributed by atoms with Crippen LogP contribution in [0.2, 0.25) is 5.02 Å². The van der Waals surface area contributed by atoms with Gasteiger partial charge in [-0.25, -0.2) is 0 Å².